The van der Waals surface area contributed by atoms with Gasteiger partial charge >= 0.3 is 0 Å². The Labute approximate surface area is 144 Å². The second-order valence-corrected chi connectivity index (χ2v) is 6.22. The lowest BCUT2D eigenvalue weighted by Crippen LogP contribution is -1.96. The molecule has 0 spiro atoms. The first kappa shape index (κ1) is 18.1. The van der Waals surface area contributed by atoms with Crippen LogP contribution in [0, 0.1) is 5.82 Å². The van der Waals surface area contributed by atoms with Crippen LogP contribution in [0.3, 0.4) is 0 Å². The van der Waals surface area contributed by atoms with E-state index >= 15 is 0 Å². The molecule has 1 heterocycles. The normalized spacial score (nSPS) is 11.7. The molecule has 0 amide bonds. The number of carbonyl (C=O) groups excluding carboxylic acids is 1. The number of H-pyrrole nitrogens is 1. The van der Waals surface area contributed by atoms with E-state index in [9.17, 15) is 17.9 Å². The lowest BCUT2D eigenvalue weighted by molar-refractivity contribution is 0.101. The third-order valence-corrected chi connectivity index (χ3v) is 4.12. The maximum absolute atomic E-state index is 12.7. The van der Waals surface area contributed by atoms with E-state index in [1.807, 2.05) is 0 Å². The number of aromatic amines is 1. The van der Waals surface area contributed by atoms with Crippen molar-refractivity contribution in [3.8, 4) is 0 Å². The number of hydrogen-bond donors (Lipinski definition) is 2. The molecule has 8 heteroatoms. The molecular formula is C16H13ClFN2O3S-. The average molecular weight is 368 g/mol. The Morgan fingerprint density at radius 2 is 2.00 bits per heavy atom. The zero-order chi connectivity index (χ0) is 17.9. The van der Waals surface area contributed by atoms with Gasteiger partial charge in [0.1, 0.15) is 5.82 Å². The lowest BCUT2D eigenvalue weighted by Gasteiger charge is -2.01. The van der Waals surface area contributed by atoms with Crippen molar-refractivity contribution in [3.05, 3.63) is 59.0 Å². The molecule has 3 N–H and O–H groups in total. The minimum absolute atomic E-state index is 0.0648. The van der Waals surface area contributed by atoms with E-state index in [1.165, 1.54) is 25.3 Å². The van der Waals surface area contributed by atoms with Crippen molar-refractivity contribution in [2.45, 2.75) is 11.8 Å². The Morgan fingerprint density at radius 1 is 1.29 bits per heavy atom. The van der Waals surface area contributed by atoms with Gasteiger partial charge in [-0.2, -0.15) is 0 Å². The molecule has 0 radical (unpaired) electrons. The molecule has 0 bridgehead atoms. The highest BCUT2D eigenvalue weighted by Gasteiger charge is 2.03. The molecule has 0 aliphatic carbocycles. The first-order chi connectivity index (χ1) is 11.3. The maximum atomic E-state index is 12.7. The van der Waals surface area contributed by atoms with Gasteiger partial charge in [0.2, 0.25) is 0 Å². The molecule has 5 nitrogen and oxygen atoms in total. The average Bonchev–Trinajstić information content (AvgIpc) is 2.93. The van der Waals surface area contributed by atoms with E-state index in [1.54, 1.807) is 18.2 Å². The van der Waals surface area contributed by atoms with Crippen LogP contribution < -0.4 is 5.73 Å². The summed E-state index contributed by atoms with van der Waals surface area (Å²) in [6, 6.07) is 9.05. The second-order valence-electron chi connectivity index (χ2n) is 4.87. The summed E-state index contributed by atoms with van der Waals surface area (Å²) in [6.07, 6.45) is 1.45. The molecule has 1 unspecified atom stereocenters. The molecular weight excluding hydrogens is 355 g/mol. The van der Waals surface area contributed by atoms with Crippen molar-refractivity contribution in [2.75, 3.05) is 5.73 Å². The number of Topliss-reactive ketones (excluding diaryl/α,β-unsaturated/α-hetero) is 1. The number of halogens is 2. The van der Waals surface area contributed by atoms with Crippen molar-refractivity contribution >= 4 is 45.1 Å². The predicted molar refractivity (Wildman–Crippen MR) is 91.3 cm³/mol. The fourth-order valence-electron chi connectivity index (χ4n) is 1.96. The molecule has 3 aromatic rings. The van der Waals surface area contributed by atoms with Crippen molar-refractivity contribution in [1.82, 2.24) is 4.98 Å². The zero-order valence-corrected chi connectivity index (χ0v) is 14.1. The topological polar surface area (TPSA) is 99.0 Å². The number of anilines is 1. The van der Waals surface area contributed by atoms with Crippen molar-refractivity contribution in [2.24, 2.45) is 0 Å². The summed E-state index contributed by atoms with van der Waals surface area (Å²) < 4.78 is 34.1. The van der Waals surface area contributed by atoms with Gasteiger partial charge < -0.3 is 15.3 Å². The fraction of sp³-hybridized carbons (Fsp3) is 0.0625. The summed E-state index contributed by atoms with van der Waals surface area (Å²) in [5.74, 6) is -0.707. The van der Waals surface area contributed by atoms with Crippen LogP contribution in [-0.2, 0) is 11.1 Å². The molecule has 0 aliphatic heterocycles. The summed E-state index contributed by atoms with van der Waals surface area (Å²) in [5, 5.41) is 1.25. The first-order valence-electron chi connectivity index (χ1n) is 6.71. The van der Waals surface area contributed by atoms with Crippen LogP contribution in [0.25, 0.3) is 10.9 Å². The van der Waals surface area contributed by atoms with Gasteiger partial charge in [-0.3, -0.25) is 9.00 Å². The van der Waals surface area contributed by atoms with E-state index in [0.29, 0.717) is 16.0 Å². The Kier molecular flexibility index (Phi) is 5.71. The summed E-state index contributed by atoms with van der Waals surface area (Å²) >= 11 is 3.53. The molecule has 0 aliphatic rings. The van der Waals surface area contributed by atoms with Gasteiger partial charge in [-0.25, -0.2) is 4.39 Å². The first-order valence-corrected chi connectivity index (χ1v) is 8.16. The number of nitrogens with one attached hydrogen (secondary N) is 1. The Balaban J connectivity index is 0.000000177. The standard InChI is InChI=1S/C8H6ClNO2S.C8H8FNO/c9-5-1-2-6-7(3-5)10-4-8(6)13(11)12;1-5(11)6-2-3-8(10)7(9)4-6/h1-4,10H,(H,11,12);2-4H,10H2,1H3/p-1. The van der Waals surface area contributed by atoms with E-state index < -0.39 is 16.9 Å². The highest BCUT2D eigenvalue weighted by molar-refractivity contribution is 7.79. The third kappa shape index (κ3) is 4.19. The van der Waals surface area contributed by atoms with Gasteiger partial charge in [0.25, 0.3) is 0 Å². The molecule has 0 saturated carbocycles. The molecule has 0 fully saturated rings. The number of carbonyl (C=O) groups is 1. The Hall–Kier alpha value is -2.22. The van der Waals surface area contributed by atoms with Gasteiger partial charge in [0.15, 0.2) is 5.78 Å². The summed E-state index contributed by atoms with van der Waals surface area (Å²) in [7, 11) is 0. The van der Waals surface area contributed by atoms with E-state index in [4.69, 9.17) is 17.3 Å². The van der Waals surface area contributed by atoms with E-state index in [-0.39, 0.29) is 16.4 Å². The van der Waals surface area contributed by atoms with E-state index in [0.717, 1.165) is 11.6 Å². The highest BCUT2D eigenvalue weighted by atomic mass is 35.5. The molecule has 126 valence electrons. The predicted octanol–water partition coefficient (Wildman–Crippen LogP) is 3.67. The molecule has 1 aromatic heterocycles. The number of ketones is 1. The van der Waals surface area contributed by atoms with Crippen LogP contribution in [0.2, 0.25) is 5.02 Å². The van der Waals surface area contributed by atoms with Gasteiger partial charge in [0.05, 0.1) is 10.6 Å². The minimum Gasteiger partial charge on any atom is -0.768 e. The number of nitrogen functional groups attached to an aromatic ring is 1. The number of aromatic nitrogens is 1. The molecule has 3 rings (SSSR count). The SMILES string of the molecule is CC(=O)c1ccc(N)c(F)c1.O=S([O-])c1c[nH]c2cc(Cl)ccc12. The van der Waals surface area contributed by atoms with Gasteiger partial charge in [-0.05, 0) is 48.3 Å². The smallest absolute Gasteiger partial charge is 0.159 e. The van der Waals surface area contributed by atoms with Gasteiger partial charge in [-0.15, -0.1) is 0 Å². The fourth-order valence-corrected chi connectivity index (χ4v) is 2.64. The zero-order valence-electron chi connectivity index (χ0n) is 12.5. The number of rotatable bonds is 2. The maximum Gasteiger partial charge on any atom is 0.159 e. The second kappa shape index (κ2) is 7.57. The molecule has 1 atom stereocenters. The quantitative estimate of drug-likeness (QED) is 0.410. The van der Waals surface area contributed by atoms with Crippen LogP contribution >= 0.6 is 11.6 Å². The number of nitrogens with two attached hydrogens (primary N) is 1. The molecule has 0 saturated heterocycles. The Bertz CT molecular complexity index is 927. The van der Waals surface area contributed by atoms with Crippen molar-refractivity contribution in [1.29, 1.82) is 0 Å². The largest absolute Gasteiger partial charge is 0.768 e. The lowest BCUT2D eigenvalue weighted by atomic mass is 10.1. The van der Waals surface area contributed by atoms with Crippen LogP contribution in [0.5, 0.6) is 0 Å². The number of hydrogen-bond acceptors (Lipinski definition) is 4. The minimum atomic E-state index is -2.20. The van der Waals surface area contributed by atoms with Gasteiger partial charge in [-0.1, -0.05) is 17.7 Å². The van der Waals surface area contributed by atoms with Crippen molar-refractivity contribution in [3.63, 3.8) is 0 Å². The Morgan fingerprint density at radius 3 is 2.58 bits per heavy atom. The summed E-state index contributed by atoms with van der Waals surface area (Å²) in [4.78, 5) is 13.8. The monoisotopic (exact) mass is 367 g/mol. The summed E-state index contributed by atoms with van der Waals surface area (Å²) in [5.41, 5.74) is 6.34. The highest BCUT2D eigenvalue weighted by Crippen LogP contribution is 2.23. The van der Waals surface area contributed by atoms with Crippen molar-refractivity contribution < 1.29 is 17.9 Å². The van der Waals surface area contributed by atoms with E-state index in [2.05, 4.69) is 4.98 Å². The number of benzene rings is 2. The molecule has 2 aromatic carbocycles. The molecule has 24 heavy (non-hydrogen) atoms. The van der Waals surface area contributed by atoms with Crippen LogP contribution in [0.1, 0.15) is 17.3 Å². The van der Waals surface area contributed by atoms with Crippen LogP contribution in [0.15, 0.2) is 47.5 Å². The van der Waals surface area contributed by atoms with Gasteiger partial charge in [0, 0.05) is 27.7 Å². The van der Waals surface area contributed by atoms with Crippen LogP contribution in [0.4, 0.5) is 10.1 Å². The third-order valence-electron chi connectivity index (χ3n) is 3.19. The number of fused-ring (bicyclic) bond motifs is 1. The summed E-state index contributed by atoms with van der Waals surface area (Å²) in [6.45, 7) is 1.38. The van der Waals surface area contributed by atoms with Crippen LogP contribution in [-0.4, -0.2) is 19.5 Å².